The fraction of sp³-hybridized carbons (Fsp3) is 0.0667. The first-order chi connectivity index (χ1) is 8.33. The molecular weight excluding hydrogens is 213 g/mol. The molecule has 1 N–H and O–H groups in total. The highest BCUT2D eigenvalue weighted by Crippen LogP contribution is 2.21. The zero-order valence-electron chi connectivity index (χ0n) is 9.28. The van der Waals surface area contributed by atoms with Crippen molar-refractivity contribution in [1.82, 2.24) is 4.98 Å². The topological polar surface area (TPSA) is 15.8 Å². The van der Waals surface area contributed by atoms with Crippen LogP contribution in [0.15, 0.2) is 54.7 Å². The van der Waals surface area contributed by atoms with Crippen LogP contribution in [-0.2, 0) is 6.42 Å². The molecule has 0 radical (unpaired) electrons. The predicted octanol–water partition coefficient (Wildman–Crippen LogP) is 3.90. The third kappa shape index (κ3) is 1.94. The summed E-state index contributed by atoms with van der Waals surface area (Å²) in [4.78, 5) is 3.17. The summed E-state index contributed by atoms with van der Waals surface area (Å²) in [5.74, 6) is -0.189. The van der Waals surface area contributed by atoms with Crippen molar-refractivity contribution in [3.05, 3.63) is 71.7 Å². The first-order valence-corrected chi connectivity index (χ1v) is 5.62. The van der Waals surface area contributed by atoms with E-state index >= 15 is 0 Å². The summed E-state index contributed by atoms with van der Waals surface area (Å²) in [7, 11) is 0. The summed E-state index contributed by atoms with van der Waals surface area (Å²) in [5.41, 5.74) is 3.35. The predicted molar refractivity (Wildman–Crippen MR) is 67.5 cm³/mol. The quantitative estimate of drug-likeness (QED) is 0.680. The summed E-state index contributed by atoms with van der Waals surface area (Å²) in [6.07, 6.45) is 2.78. The number of benzene rings is 2. The average Bonchev–Trinajstić information content (AvgIpc) is 2.73. The first kappa shape index (κ1) is 10.1. The fourth-order valence-corrected chi connectivity index (χ4v) is 2.11. The number of fused-ring (bicyclic) bond motifs is 1. The lowest BCUT2D eigenvalue weighted by atomic mass is 10.0. The van der Waals surface area contributed by atoms with E-state index in [0.717, 1.165) is 22.9 Å². The van der Waals surface area contributed by atoms with Crippen LogP contribution in [-0.4, -0.2) is 4.98 Å². The highest BCUT2D eigenvalue weighted by atomic mass is 19.1. The molecule has 0 saturated carbocycles. The molecule has 0 bridgehead atoms. The van der Waals surface area contributed by atoms with Crippen LogP contribution in [0.4, 0.5) is 4.39 Å². The maximum absolute atomic E-state index is 13.2. The van der Waals surface area contributed by atoms with Crippen LogP contribution in [0.3, 0.4) is 0 Å². The Morgan fingerprint density at radius 1 is 1.00 bits per heavy atom. The summed E-state index contributed by atoms with van der Waals surface area (Å²) >= 11 is 0. The minimum absolute atomic E-state index is 0.189. The smallest absolute Gasteiger partial charge is 0.123 e. The molecule has 2 aromatic carbocycles. The number of H-pyrrole nitrogens is 1. The number of nitrogens with one attached hydrogen (secondary N) is 1. The minimum Gasteiger partial charge on any atom is -0.361 e. The van der Waals surface area contributed by atoms with Crippen molar-refractivity contribution < 1.29 is 4.39 Å². The molecule has 0 spiro atoms. The summed E-state index contributed by atoms with van der Waals surface area (Å²) < 4.78 is 13.2. The number of hydrogen-bond donors (Lipinski definition) is 1. The number of halogens is 1. The SMILES string of the molecule is Fc1ccc2[nH]cc(Cc3ccccc3)c2c1. The van der Waals surface area contributed by atoms with Crippen molar-refractivity contribution in [3.63, 3.8) is 0 Å². The molecule has 1 aromatic heterocycles. The lowest BCUT2D eigenvalue weighted by Gasteiger charge is -2.00. The highest BCUT2D eigenvalue weighted by molar-refractivity contribution is 5.83. The summed E-state index contributed by atoms with van der Waals surface area (Å²) in [6.45, 7) is 0. The third-order valence-electron chi connectivity index (χ3n) is 2.97. The van der Waals surface area contributed by atoms with E-state index in [1.807, 2.05) is 24.4 Å². The molecule has 0 unspecified atom stereocenters. The van der Waals surface area contributed by atoms with Gasteiger partial charge in [0.2, 0.25) is 0 Å². The second kappa shape index (κ2) is 4.06. The third-order valence-corrected chi connectivity index (χ3v) is 2.97. The summed E-state index contributed by atoms with van der Waals surface area (Å²) in [5, 5.41) is 0.967. The molecule has 1 nitrogen and oxygen atoms in total. The van der Waals surface area contributed by atoms with Crippen LogP contribution in [0, 0.1) is 5.82 Å². The van der Waals surface area contributed by atoms with Crippen molar-refractivity contribution in [3.8, 4) is 0 Å². The Morgan fingerprint density at radius 2 is 1.82 bits per heavy atom. The second-order valence-corrected chi connectivity index (χ2v) is 4.17. The zero-order chi connectivity index (χ0) is 11.7. The molecule has 0 amide bonds. The Balaban J connectivity index is 2.03. The lowest BCUT2D eigenvalue weighted by Crippen LogP contribution is -1.85. The van der Waals surface area contributed by atoms with E-state index in [-0.39, 0.29) is 5.82 Å². The summed E-state index contributed by atoms with van der Waals surface area (Å²) in [6, 6.07) is 15.0. The van der Waals surface area contributed by atoms with E-state index in [1.54, 1.807) is 12.1 Å². The van der Waals surface area contributed by atoms with Gasteiger partial charge in [-0.25, -0.2) is 4.39 Å². The Bertz CT molecular complexity index is 640. The van der Waals surface area contributed by atoms with Crippen LogP contribution >= 0.6 is 0 Å². The number of hydrogen-bond acceptors (Lipinski definition) is 0. The molecule has 3 rings (SSSR count). The molecule has 17 heavy (non-hydrogen) atoms. The lowest BCUT2D eigenvalue weighted by molar-refractivity contribution is 0.629. The Kier molecular flexibility index (Phi) is 2.41. The molecule has 0 aliphatic carbocycles. The molecule has 0 aliphatic rings. The van der Waals surface area contributed by atoms with Gasteiger partial charge < -0.3 is 4.98 Å². The van der Waals surface area contributed by atoms with Crippen molar-refractivity contribution in [1.29, 1.82) is 0 Å². The van der Waals surface area contributed by atoms with Crippen molar-refractivity contribution in [2.75, 3.05) is 0 Å². The van der Waals surface area contributed by atoms with E-state index in [2.05, 4.69) is 17.1 Å². The van der Waals surface area contributed by atoms with Crippen molar-refractivity contribution in [2.45, 2.75) is 6.42 Å². The van der Waals surface area contributed by atoms with E-state index in [1.165, 1.54) is 11.6 Å². The van der Waals surface area contributed by atoms with Crippen LogP contribution in [0.5, 0.6) is 0 Å². The van der Waals surface area contributed by atoms with E-state index in [0.29, 0.717) is 0 Å². The molecule has 0 aliphatic heterocycles. The standard InChI is InChI=1S/C15H12FN/c16-13-6-7-15-14(9-13)12(10-17-15)8-11-4-2-1-3-5-11/h1-7,9-10,17H,8H2. The monoisotopic (exact) mass is 225 g/mol. The zero-order valence-corrected chi connectivity index (χ0v) is 9.28. The second-order valence-electron chi connectivity index (χ2n) is 4.17. The van der Waals surface area contributed by atoms with Gasteiger partial charge in [-0.2, -0.15) is 0 Å². The molecule has 1 heterocycles. The van der Waals surface area contributed by atoms with E-state index in [4.69, 9.17) is 0 Å². The van der Waals surface area contributed by atoms with Crippen LogP contribution < -0.4 is 0 Å². The van der Waals surface area contributed by atoms with Crippen molar-refractivity contribution in [2.24, 2.45) is 0 Å². The van der Waals surface area contributed by atoms with Gasteiger partial charge in [-0.3, -0.25) is 0 Å². The molecule has 3 aromatic rings. The Hall–Kier alpha value is -2.09. The van der Waals surface area contributed by atoms with Gasteiger partial charge in [0.1, 0.15) is 5.82 Å². The fourth-order valence-electron chi connectivity index (χ4n) is 2.11. The van der Waals surface area contributed by atoms with Gasteiger partial charge in [-0.15, -0.1) is 0 Å². The molecular formula is C15H12FN. The van der Waals surface area contributed by atoms with Crippen LogP contribution in [0.1, 0.15) is 11.1 Å². The molecule has 0 saturated heterocycles. The number of rotatable bonds is 2. The van der Waals surface area contributed by atoms with Gasteiger partial charge in [0.05, 0.1) is 0 Å². The van der Waals surface area contributed by atoms with Gasteiger partial charge in [-0.05, 0) is 35.7 Å². The van der Waals surface area contributed by atoms with Crippen LogP contribution in [0.25, 0.3) is 10.9 Å². The average molecular weight is 225 g/mol. The Labute approximate surface area is 98.9 Å². The molecule has 0 atom stereocenters. The minimum atomic E-state index is -0.189. The van der Waals surface area contributed by atoms with E-state index < -0.39 is 0 Å². The van der Waals surface area contributed by atoms with E-state index in [9.17, 15) is 4.39 Å². The maximum atomic E-state index is 13.2. The number of aromatic amines is 1. The van der Waals surface area contributed by atoms with Gasteiger partial charge >= 0.3 is 0 Å². The van der Waals surface area contributed by atoms with Crippen molar-refractivity contribution >= 4 is 10.9 Å². The van der Waals surface area contributed by atoms with Gasteiger partial charge in [0, 0.05) is 17.1 Å². The van der Waals surface area contributed by atoms with Crippen LogP contribution in [0.2, 0.25) is 0 Å². The normalized spacial score (nSPS) is 10.9. The highest BCUT2D eigenvalue weighted by Gasteiger charge is 2.05. The largest absolute Gasteiger partial charge is 0.361 e. The Morgan fingerprint density at radius 3 is 2.65 bits per heavy atom. The van der Waals surface area contributed by atoms with Gasteiger partial charge in [0.25, 0.3) is 0 Å². The molecule has 0 fully saturated rings. The number of aromatic nitrogens is 1. The van der Waals surface area contributed by atoms with Gasteiger partial charge in [-0.1, -0.05) is 30.3 Å². The maximum Gasteiger partial charge on any atom is 0.123 e. The first-order valence-electron chi connectivity index (χ1n) is 5.62. The van der Waals surface area contributed by atoms with Gasteiger partial charge in [0.15, 0.2) is 0 Å². The molecule has 84 valence electrons. The molecule has 2 heteroatoms.